The average molecular weight is 375 g/mol. The lowest BCUT2D eigenvalue weighted by atomic mass is 9.97. The second kappa shape index (κ2) is 9.37. The molecule has 3 aromatic carbocycles. The number of methoxy groups -OCH3 is 1. The van der Waals surface area contributed by atoms with E-state index in [0.717, 1.165) is 5.56 Å². The Morgan fingerprint density at radius 2 is 1.46 bits per heavy atom. The number of nitrogens with one attached hydrogen (secondary N) is 1. The summed E-state index contributed by atoms with van der Waals surface area (Å²) in [5.41, 5.74) is 2.02. The Morgan fingerprint density at radius 1 is 0.857 bits per heavy atom. The fraction of sp³-hybridized carbons (Fsp3) is 0.130. The van der Waals surface area contributed by atoms with E-state index in [-0.39, 0.29) is 12.4 Å². The number of rotatable bonds is 7. The molecule has 28 heavy (non-hydrogen) atoms. The van der Waals surface area contributed by atoms with Crippen molar-refractivity contribution in [2.45, 2.75) is 12.6 Å². The highest BCUT2D eigenvalue weighted by molar-refractivity contribution is 6.02. The van der Waals surface area contributed by atoms with Gasteiger partial charge in [-0.25, -0.2) is 4.79 Å². The molecular weight excluding hydrogens is 354 g/mol. The van der Waals surface area contributed by atoms with Crippen molar-refractivity contribution in [1.29, 1.82) is 0 Å². The van der Waals surface area contributed by atoms with E-state index in [1.54, 1.807) is 43.5 Å². The molecule has 0 spiro atoms. The van der Waals surface area contributed by atoms with Crippen molar-refractivity contribution in [3.8, 4) is 5.75 Å². The quantitative estimate of drug-likeness (QED) is 0.616. The molecular formula is C23H21NO4. The van der Waals surface area contributed by atoms with Crippen LogP contribution in [0.1, 0.15) is 27.5 Å². The highest BCUT2D eigenvalue weighted by atomic mass is 16.5. The number of hydrogen-bond donors (Lipinski definition) is 1. The first kappa shape index (κ1) is 19.2. The van der Waals surface area contributed by atoms with E-state index in [0.29, 0.717) is 16.9 Å². The summed E-state index contributed by atoms with van der Waals surface area (Å²) < 4.78 is 10.4. The lowest BCUT2D eigenvalue weighted by Gasteiger charge is -2.18. The van der Waals surface area contributed by atoms with Crippen LogP contribution in [0.3, 0.4) is 0 Å². The van der Waals surface area contributed by atoms with Crippen LogP contribution >= 0.6 is 0 Å². The van der Waals surface area contributed by atoms with Crippen LogP contribution in [0.15, 0.2) is 84.9 Å². The summed E-state index contributed by atoms with van der Waals surface area (Å²) in [6.07, 6.45) is -0.653. The van der Waals surface area contributed by atoms with Crippen molar-refractivity contribution >= 4 is 11.9 Å². The number of carbonyl (C=O) groups excluding carboxylic acids is 2. The Kier molecular flexibility index (Phi) is 6.41. The Morgan fingerprint density at radius 3 is 2.07 bits per heavy atom. The van der Waals surface area contributed by atoms with E-state index in [1.807, 2.05) is 48.5 Å². The van der Waals surface area contributed by atoms with E-state index < -0.39 is 12.1 Å². The zero-order chi connectivity index (χ0) is 19.8. The molecule has 142 valence electrons. The number of alkyl carbamates (subject to hydrolysis) is 1. The Labute approximate surface area is 163 Å². The molecule has 1 atom stereocenters. The van der Waals surface area contributed by atoms with Gasteiger partial charge in [0, 0.05) is 5.56 Å². The summed E-state index contributed by atoms with van der Waals surface area (Å²) in [5.74, 6) is 0.425. The molecule has 0 aliphatic heterocycles. The molecule has 0 saturated carbocycles. The second-order valence-corrected chi connectivity index (χ2v) is 6.14. The number of hydrogen-bond acceptors (Lipinski definition) is 4. The summed E-state index contributed by atoms with van der Waals surface area (Å²) in [5, 5.41) is 2.69. The molecule has 1 unspecified atom stereocenters. The van der Waals surface area contributed by atoms with Gasteiger partial charge in [-0.1, -0.05) is 60.7 Å². The molecule has 1 N–H and O–H groups in total. The molecule has 3 aromatic rings. The van der Waals surface area contributed by atoms with Crippen LogP contribution in [0.4, 0.5) is 4.79 Å². The summed E-state index contributed by atoms with van der Waals surface area (Å²) >= 11 is 0. The van der Waals surface area contributed by atoms with Gasteiger partial charge in [-0.2, -0.15) is 0 Å². The molecule has 0 saturated heterocycles. The van der Waals surface area contributed by atoms with E-state index in [9.17, 15) is 9.59 Å². The standard InChI is InChI=1S/C23H21NO4/c1-27-20-14-12-19(13-15-20)22(25)21(18-10-6-3-7-11-18)24-23(26)28-16-17-8-4-2-5-9-17/h2-15,21H,16H2,1H3,(H,24,26). The third-order valence-corrected chi connectivity index (χ3v) is 4.24. The molecule has 0 aliphatic rings. The van der Waals surface area contributed by atoms with Crippen molar-refractivity contribution in [2.75, 3.05) is 7.11 Å². The first-order valence-corrected chi connectivity index (χ1v) is 8.88. The molecule has 5 heteroatoms. The molecule has 0 radical (unpaired) electrons. The van der Waals surface area contributed by atoms with Crippen LogP contribution in [0, 0.1) is 0 Å². The van der Waals surface area contributed by atoms with Gasteiger partial charge in [-0.3, -0.25) is 4.79 Å². The number of Topliss-reactive ketones (excluding diaryl/α,β-unsaturated/α-hetero) is 1. The Balaban J connectivity index is 1.75. The van der Waals surface area contributed by atoms with Crippen LogP contribution in [0.2, 0.25) is 0 Å². The fourth-order valence-electron chi connectivity index (χ4n) is 2.75. The van der Waals surface area contributed by atoms with E-state index in [2.05, 4.69) is 5.32 Å². The van der Waals surface area contributed by atoms with Crippen LogP contribution in [-0.4, -0.2) is 19.0 Å². The Bertz CT molecular complexity index is 908. The summed E-state index contributed by atoms with van der Waals surface area (Å²) in [7, 11) is 1.56. The van der Waals surface area contributed by atoms with Gasteiger partial charge in [0.15, 0.2) is 5.78 Å². The van der Waals surface area contributed by atoms with Crippen LogP contribution < -0.4 is 10.1 Å². The minimum absolute atomic E-state index is 0.130. The number of ether oxygens (including phenoxy) is 2. The highest BCUT2D eigenvalue weighted by Crippen LogP contribution is 2.21. The number of ketones is 1. The monoisotopic (exact) mass is 375 g/mol. The SMILES string of the molecule is COc1ccc(C(=O)C(NC(=O)OCc2ccccc2)c2ccccc2)cc1. The van der Waals surface area contributed by atoms with Crippen LogP contribution in [0.5, 0.6) is 5.75 Å². The largest absolute Gasteiger partial charge is 0.497 e. The van der Waals surface area contributed by atoms with Crippen molar-refractivity contribution < 1.29 is 19.1 Å². The lowest BCUT2D eigenvalue weighted by Crippen LogP contribution is -2.34. The maximum atomic E-state index is 13.0. The van der Waals surface area contributed by atoms with Gasteiger partial charge in [-0.15, -0.1) is 0 Å². The number of benzene rings is 3. The third kappa shape index (κ3) is 4.98. The molecule has 0 aliphatic carbocycles. The third-order valence-electron chi connectivity index (χ3n) is 4.24. The summed E-state index contributed by atoms with van der Waals surface area (Å²) in [6, 6.07) is 24.4. The predicted molar refractivity (Wildman–Crippen MR) is 106 cm³/mol. The van der Waals surface area contributed by atoms with Gasteiger partial charge in [0.2, 0.25) is 0 Å². The molecule has 0 aromatic heterocycles. The van der Waals surface area contributed by atoms with Gasteiger partial charge < -0.3 is 14.8 Å². The second-order valence-electron chi connectivity index (χ2n) is 6.14. The maximum Gasteiger partial charge on any atom is 0.408 e. The minimum atomic E-state index is -0.849. The Hall–Kier alpha value is -3.60. The lowest BCUT2D eigenvalue weighted by molar-refractivity contribution is 0.0916. The minimum Gasteiger partial charge on any atom is -0.497 e. The molecule has 0 bridgehead atoms. The number of amides is 1. The fourth-order valence-corrected chi connectivity index (χ4v) is 2.75. The molecule has 3 rings (SSSR count). The van der Waals surface area contributed by atoms with Gasteiger partial charge in [0.1, 0.15) is 18.4 Å². The molecule has 5 nitrogen and oxygen atoms in total. The molecule has 0 fully saturated rings. The van der Waals surface area contributed by atoms with Crippen LogP contribution in [-0.2, 0) is 11.3 Å². The van der Waals surface area contributed by atoms with Gasteiger partial charge in [-0.05, 0) is 35.4 Å². The van der Waals surface area contributed by atoms with E-state index in [4.69, 9.17) is 9.47 Å². The normalized spacial score (nSPS) is 11.3. The smallest absolute Gasteiger partial charge is 0.408 e. The van der Waals surface area contributed by atoms with Gasteiger partial charge in [0.05, 0.1) is 7.11 Å². The predicted octanol–water partition coefficient (Wildman–Crippen LogP) is 4.55. The van der Waals surface area contributed by atoms with Gasteiger partial charge >= 0.3 is 6.09 Å². The zero-order valence-electron chi connectivity index (χ0n) is 15.5. The van der Waals surface area contributed by atoms with E-state index in [1.165, 1.54) is 0 Å². The first-order chi connectivity index (χ1) is 13.7. The van der Waals surface area contributed by atoms with E-state index >= 15 is 0 Å². The van der Waals surface area contributed by atoms with Crippen LogP contribution in [0.25, 0.3) is 0 Å². The highest BCUT2D eigenvalue weighted by Gasteiger charge is 2.24. The average Bonchev–Trinajstić information content (AvgIpc) is 2.77. The number of carbonyl (C=O) groups is 2. The van der Waals surface area contributed by atoms with Gasteiger partial charge in [0.25, 0.3) is 0 Å². The topological polar surface area (TPSA) is 64.6 Å². The first-order valence-electron chi connectivity index (χ1n) is 8.88. The molecule has 1 amide bonds. The van der Waals surface area contributed by atoms with Crippen molar-refractivity contribution in [3.05, 3.63) is 102 Å². The molecule has 0 heterocycles. The summed E-state index contributed by atoms with van der Waals surface area (Å²) in [6.45, 7) is 0.130. The maximum absolute atomic E-state index is 13.0. The zero-order valence-corrected chi connectivity index (χ0v) is 15.5. The van der Waals surface area contributed by atoms with Crippen molar-refractivity contribution in [1.82, 2.24) is 5.32 Å². The summed E-state index contributed by atoms with van der Waals surface area (Å²) in [4.78, 5) is 25.4. The van der Waals surface area contributed by atoms with Crippen molar-refractivity contribution in [3.63, 3.8) is 0 Å². The van der Waals surface area contributed by atoms with Crippen molar-refractivity contribution in [2.24, 2.45) is 0 Å².